The normalized spacial score (nSPS) is 13.0. The van der Waals surface area contributed by atoms with Gasteiger partial charge in [0.1, 0.15) is 6.61 Å². The Bertz CT molecular complexity index is 1270. The molecular weight excluding hydrogens is 450 g/mol. The molecule has 0 bridgehead atoms. The number of hydrogen-bond donors (Lipinski definition) is 1. The van der Waals surface area contributed by atoms with Crippen LogP contribution in [0.15, 0.2) is 109 Å². The molecule has 0 unspecified atom stereocenters. The number of nitrogens with one attached hydrogen (secondary N) is 1. The number of carbonyl (C=O) groups excluding carboxylic acids is 2. The van der Waals surface area contributed by atoms with E-state index in [9.17, 15) is 14.7 Å². The number of rotatable bonds is 8. The van der Waals surface area contributed by atoms with Crippen molar-refractivity contribution in [2.75, 3.05) is 6.61 Å². The molecule has 0 fully saturated rings. The van der Waals surface area contributed by atoms with Gasteiger partial charge < -0.3 is 20.0 Å². The summed E-state index contributed by atoms with van der Waals surface area (Å²) in [5, 5.41) is 14.5. The molecule has 0 spiro atoms. The van der Waals surface area contributed by atoms with Crippen LogP contribution in [0, 0.1) is 0 Å². The van der Waals surface area contributed by atoms with Gasteiger partial charge in [-0.2, -0.15) is 0 Å². The van der Waals surface area contributed by atoms with E-state index in [4.69, 9.17) is 4.74 Å². The molecule has 0 heterocycles. The number of hydrogen-bond acceptors (Lipinski definition) is 4. The van der Waals surface area contributed by atoms with Crippen molar-refractivity contribution in [3.05, 3.63) is 131 Å². The third-order valence-electron chi connectivity index (χ3n) is 6.75. The molecule has 0 aliphatic heterocycles. The summed E-state index contributed by atoms with van der Waals surface area (Å²) in [6.07, 6.45) is -1.00. The van der Waals surface area contributed by atoms with E-state index in [0.717, 1.165) is 33.4 Å². The molecule has 4 aromatic rings. The van der Waals surface area contributed by atoms with Gasteiger partial charge in [-0.15, -0.1) is 0 Å². The standard InChI is InChI=1S/C31H27NO4/c33-29(34)19-28(30(21-11-3-1-4-12-21)22-13-5-2-6-14-22)32-31(35)36-20-27-25-17-9-7-15-23(25)24-16-8-10-18-26(24)27/h1-18,27-28,30H,19-20H2,(H,32,35)(H,33,34)/p-1/t28-/m1/s1. The van der Waals surface area contributed by atoms with Crippen molar-refractivity contribution in [3.8, 4) is 11.1 Å². The number of ether oxygens (including phenoxy) is 1. The average Bonchev–Trinajstić information content (AvgIpc) is 3.22. The third kappa shape index (κ3) is 4.86. The van der Waals surface area contributed by atoms with Gasteiger partial charge in [0.15, 0.2) is 0 Å². The Hall–Kier alpha value is -4.38. The molecule has 1 atom stereocenters. The van der Waals surface area contributed by atoms with Crippen LogP contribution in [0.25, 0.3) is 11.1 Å². The van der Waals surface area contributed by atoms with Crippen molar-refractivity contribution in [3.63, 3.8) is 0 Å². The van der Waals surface area contributed by atoms with Crippen LogP contribution in [0.5, 0.6) is 0 Å². The van der Waals surface area contributed by atoms with E-state index in [1.165, 1.54) is 0 Å². The molecule has 0 saturated heterocycles. The largest absolute Gasteiger partial charge is 0.550 e. The van der Waals surface area contributed by atoms with Crippen molar-refractivity contribution in [2.45, 2.75) is 24.3 Å². The fraction of sp³-hybridized carbons (Fsp3) is 0.161. The summed E-state index contributed by atoms with van der Waals surface area (Å²) in [5.74, 6) is -1.71. The van der Waals surface area contributed by atoms with Gasteiger partial charge in [-0.1, -0.05) is 109 Å². The maximum absolute atomic E-state index is 13.0. The molecule has 0 radical (unpaired) electrons. The van der Waals surface area contributed by atoms with Crippen molar-refractivity contribution in [2.24, 2.45) is 0 Å². The maximum atomic E-state index is 13.0. The number of aliphatic carboxylic acids is 1. The molecule has 4 aromatic carbocycles. The number of carboxylic acids is 1. The highest BCUT2D eigenvalue weighted by Gasteiger charge is 2.31. The summed E-state index contributed by atoms with van der Waals surface area (Å²) in [7, 11) is 0. The van der Waals surface area contributed by atoms with Crippen LogP contribution in [-0.2, 0) is 9.53 Å². The summed E-state index contributed by atoms with van der Waals surface area (Å²) >= 11 is 0. The Kier molecular flexibility index (Phi) is 6.80. The topological polar surface area (TPSA) is 78.5 Å². The number of alkyl carbamates (subject to hydrolysis) is 1. The highest BCUT2D eigenvalue weighted by Crippen LogP contribution is 2.44. The molecular formula is C31H26NO4-. The summed E-state index contributed by atoms with van der Waals surface area (Å²) in [6.45, 7) is 0.152. The van der Waals surface area contributed by atoms with E-state index in [2.05, 4.69) is 29.6 Å². The van der Waals surface area contributed by atoms with Gasteiger partial charge in [0.25, 0.3) is 0 Å². The zero-order valence-corrected chi connectivity index (χ0v) is 19.7. The average molecular weight is 477 g/mol. The molecule has 36 heavy (non-hydrogen) atoms. The monoisotopic (exact) mass is 476 g/mol. The minimum absolute atomic E-state index is 0.0817. The van der Waals surface area contributed by atoms with Gasteiger partial charge >= 0.3 is 6.09 Å². The first kappa shape index (κ1) is 23.4. The quantitative estimate of drug-likeness (QED) is 0.394. The fourth-order valence-corrected chi connectivity index (χ4v) is 5.20. The second-order valence-electron chi connectivity index (χ2n) is 8.95. The van der Waals surface area contributed by atoms with Gasteiger partial charge in [0, 0.05) is 30.3 Å². The van der Waals surface area contributed by atoms with Crippen LogP contribution in [0.4, 0.5) is 4.79 Å². The smallest absolute Gasteiger partial charge is 0.407 e. The van der Waals surface area contributed by atoms with Crippen LogP contribution in [0.1, 0.15) is 40.5 Å². The first-order valence-corrected chi connectivity index (χ1v) is 12.0. The minimum atomic E-state index is -1.24. The molecule has 1 aliphatic rings. The van der Waals surface area contributed by atoms with Crippen molar-refractivity contribution in [1.82, 2.24) is 5.32 Å². The van der Waals surface area contributed by atoms with Gasteiger partial charge in [0.2, 0.25) is 0 Å². The third-order valence-corrected chi connectivity index (χ3v) is 6.75. The number of carboxylic acid groups (broad SMARTS) is 1. The number of fused-ring (bicyclic) bond motifs is 3. The molecule has 180 valence electrons. The van der Waals surface area contributed by atoms with E-state index >= 15 is 0 Å². The predicted octanol–water partition coefficient (Wildman–Crippen LogP) is 4.87. The molecule has 1 amide bonds. The Morgan fingerprint density at radius 3 is 1.69 bits per heavy atom. The zero-order chi connectivity index (χ0) is 24.9. The van der Waals surface area contributed by atoms with E-state index in [0.29, 0.717) is 0 Å². The fourth-order valence-electron chi connectivity index (χ4n) is 5.20. The van der Waals surface area contributed by atoms with Gasteiger partial charge in [-0.3, -0.25) is 0 Å². The van der Waals surface area contributed by atoms with Crippen LogP contribution in [-0.4, -0.2) is 24.7 Å². The second-order valence-corrected chi connectivity index (χ2v) is 8.95. The van der Waals surface area contributed by atoms with Crippen molar-refractivity contribution < 1.29 is 19.4 Å². The van der Waals surface area contributed by atoms with Crippen molar-refractivity contribution in [1.29, 1.82) is 0 Å². The van der Waals surface area contributed by atoms with Crippen LogP contribution in [0.3, 0.4) is 0 Å². The first-order chi connectivity index (χ1) is 17.6. The Balaban J connectivity index is 1.37. The highest BCUT2D eigenvalue weighted by molar-refractivity contribution is 5.79. The molecule has 1 N–H and O–H groups in total. The molecule has 5 heteroatoms. The lowest BCUT2D eigenvalue weighted by atomic mass is 9.83. The first-order valence-electron chi connectivity index (χ1n) is 12.0. The van der Waals surface area contributed by atoms with Crippen LogP contribution < -0.4 is 10.4 Å². The summed E-state index contributed by atoms with van der Waals surface area (Å²) < 4.78 is 5.71. The predicted molar refractivity (Wildman–Crippen MR) is 136 cm³/mol. The van der Waals surface area contributed by atoms with Gasteiger partial charge in [-0.25, -0.2) is 4.79 Å². The van der Waals surface area contributed by atoms with Crippen molar-refractivity contribution >= 4 is 12.1 Å². The number of benzene rings is 4. The number of carbonyl (C=O) groups is 2. The summed E-state index contributed by atoms with van der Waals surface area (Å²) in [5.41, 5.74) is 6.31. The highest BCUT2D eigenvalue weighted by atomic mass is 16.5. The van der Waals surface area contributed by atoms with E-state index in [1.54, 1.807) is 0 Å². The lowest BCUT2D eigenvalue weighted by molar-refractivity contribution is -0.306. The van der Waals surface area contributed by atoms with Gasteiger partial charge in [0.05, 0.1) is 0 Å². The number of amides is 1. The molecule has 0 saturated carbocycles. The van der Waals surface area contributed by atoms with E-state index in [1.807, 2.05) is 84.9 Å². The van der Waals surface area contributed by atoms with E-state index in [-0.39, 0.29) is 24.9 Å². The SMILES string of the molecule is O=C([O-])C[C@@H](NC(=O)OCC1c2ccccc2-c2ccccc21)C(c1ccccc1)c1ccccc1. The zero-order valence-electron chi connectivity index (χ0n) is 19.7. The Morgan fingerprint density at radius 1 is 0.722 bits per heavy atom. The lowest BCUT2D eigenvalue weighted by Gasteiger charge is -2.29. The van der Waals surface area contributed by atoms with Crippen LogP contribution >= 0.6 is 0 Å². The Morgan fingerprint density at radius 2 is 1.19 bits per heavy atom. The molecule has 5 rings (SSSR count). The summed E-state index contributed by atoms with van der Waals surface area (Å²) in [4.78, 5) is 24.7. The summed E-state index contributed by atoms with van der Waals surface area (Å²) in [6, 6.07) is 34.6. The van der Waals surface area contributed by atoms with Crippen LogP contribution in [0.2, 0.25) is 0 Å². The second kappa shape index (κ2) is 10.5. The molecule has 5 nitrogen and oxygen atoms in total. The lowest BCUT2D eigenvalue weighted by Crippen LogP contribution is -2.44. The maximum Gasteiger partial charge on any atom is 0.407 e. The molecule has 1 aliphatic carbocycles. The molecule has 0 aromatic heterocycles. The van der Waals surface area contributed by atoms with Gasteiger partial charge in [-0.05, 0) is 33.4 Å². The van der Waals surface area contributed by atoms with E-state index < -0.39 is 18.1 Å². The minimum Gasteiger partial charge on any atom is -0.550 e. The Labute approximate surface area is 210 Å².